The van der Waals surface area contributed by atoms with Crippen molar-refractivity contribution in [3.05, 3.63) is 52.4 Å². The molecule has 5 nitrogen and oxygen atoms in total. The molecule has 1 amide bonds. The lowest BCUT2D eigenvalue weighted by molar-refractivity contribution is -0.132. The SMILES string of the molecule is O=C(CCCN1CCC(Nc2ccc(Cl)cc2)CC1)N1CCC[C@H](NC2C=CC(SC(F)(F)F)=CC2)C1. The predicted molar refractivity (Wildman–Crippen MR) is 146 cm³/mol. The lowest BCUT2D eigenvalue weighted by Gasteiger charge is -2.36. The lowest BCUT2D eigenvalue weighted by Crippen LogP contribution is -2.50. The van der Waals surface area contributed by atoms with Crippen LogP contribution in [0.15, 0.2) is 47.4 Å². The molecule has 1 aliphatic carbocycles. The maximum atomic E-state index is 12.9. The van der Waals surface area contributed by atoms with Crippen LogP contribution in [0.2, 0.25) is 5.02 Å². The third-order valence-electron chi connectivity index (χ3n) is 7.19. The summed E-state index contributed by atoms with van der Waals surface area (Å²) in [6.07, 6.45) is 11.0. The van der Waals surface area contributed by atoms with Crippen molar-refractivity contribution < 1.29 is 18.0 Å². The summed E-state index contributed by atoms with van der Waals surface area (Å²) in [5, 5.41) is 7.85. The molecule has 37 heavy (non-hydrogen) atoms. The van der Waals surface area contributed by atoms with Crippen LogP contribution in [0.5, 0.6) is 0 Å². The Labute approximate surface area is 226 Å². The van der Waals surface area contributed by atoms with Gasteiger partial charge in [-0.3, -0.25) is 4.79 Å². The summed E-state index contributed by atoms with van der Waals surface area (Å²) in [6.45, 7) is 4.44. The molecular formula is C27H36ClF3N4OS. The second kappa shape index (κ2) is 13.4. The van der Waals surface area contributed by atoms with Gasteiger partial charge in [0, 0.05) is 66.3 Å². The van der Waals surface area contributed by atoms with Gasteiger partial charge in [-0.15, -0.1) is 0 Å². The maximum Gasteiger partial charge on any atom is 0.446 e. The zero-order valence-electron chi connectivity index (χ0n) is 21.0. The second-order valence-corrected chi connectivity index (χ2v) is 11.6. The average molecular weight is 557 g/mol. The molecule has 0 aromatic heterocycles. The molecule has 1 aromatic rings. The zero-order chi connectivity index (χ0) is 26.3. The topological polar surface area (TPSA) is 47.6 Å². The van der Waals surface area contributed by atoms with Gasteiger partial charge in [-0.25, -0.2) is 0 Å². The molecule has 3 aliphatic rings. The summed E-state index contributed by atoms with van der Waals surface area (Å²) in [5.41, 5.74) is -3.16. The number of benzene rings is 1. The van der Waals surface area contributed by atoms with E-state index < -0.39 is 5.51 Å². The van der Waals surface area contributed by atoms with Crippen LogP contribution in [0.1, 0.15) is 44.9 Å². The Balaban J connectivity index is 1.11. The summed E-state index contributed by atoms with van der Waals surface area (Å²) in [6, 6.07) is 8.46. The number of carbonyl (C=O) groups is 1. The predicted octanol–water partition coefficient (Wildman–Crippen LogP) is 6.04. The number of anilines is 1. The number of rotatable bonds is 9. The van der Waals surface area contributed by atoms with Crippen molar-refractivity contribution in [2.24, 2.45) is 0 Å². The Morgan fingerprint density at radius 2 is 1.84 bits per heavy atom. The van der Waals surface area contributed by atoms with E-state index in [1.807, 2.05) is 35.2 Å². The van der Waals surface area contributed by atoms with Crippen molar-refractivity contribution in [2.45, 2.75) is 68.6 Å². The Kier molecular flexibility index (Phi) is 10.3. The average Bonchev–Trinajstić information content (AvgIpc) is 2.87. The minimum absolute atomic E-state index is 0.00902. The molecule has 2 atom stereocenters. The number of allylic oxidation sites excluding steroid dienone is 1. The lowest BCUT2D eigenvalue weighted by atomic mass is 10.0. The van der Waals surface area contributed by atoms with Crippen LogP contribution >= 0.6 is 23.4 Å². The summed E-state index contributed by atoms with van der Waals surface area (Å²) >= 11 is 5.89. The Morgan fingerprint density at radius 1 is 1.08 bits per heavy atom. The first kappa shape index (κ1) is 28.3. The molecule has 0 saturated carbocycles. The summed E-state index contributed by atoms with van der Waals surface area (Å²) in [4.78, 5) is 17.5. The Hall–Kier alpha value is -1.68. The number of nitrogens with one attached hydrogen (secondary N) is 2. The summed E-state index contributed by atoms with van der Waals surface area (Å²) in [7, 11) is 0. The van der Waals surface area contributed by atoms with E-state index >= 15 is 0 Å². The number of carbonyl (C=O) groups excluding carboxylic acids is 1. The van der Waals surface area contributed by atoms with E-state index in [0.29, 0.717) is 25.4 Å². The van der Waals surface area contributed by atoms with Crippen molar-refractivity contribution in [1.82, 2.24) is 15.1 Å². The highest BCUT2D eigenvalue weighted by molar-refractivity contribution is 8.04. The molecule has 1 aromatic carbocycles. The van der Waals surface area contributed by atoms with Gasteiger partial charge in [0.1, 0.15) is 0 Å². The highest BCUT2D eigenvalue weighted by Gasteiger charge is 2.31. The highest BCUT2D eigenvalue weighted by Crippen LogP contribution is 2.38. The van der Waals surface area contributed by atoms with Gasteiger partial charge < -0.3 is 20.4 Å². The van der Waals surface area contributed by atoms with Gasteiger partial charge in [0.25, 0.3) is 0 Å². The van der Waals surface area contributed by atoms with Crippen molar-refractivity contribution >= 4 is 35.0 Å². The molecule has 1 unspecified atom stereocenters. The minimum atomic E-state index is -4.26. The van der Waals surface area contributed by atoms with Crippen LogP contribution in [0.3, 0.4) is 0 Å². The van der Waals surface area contributed by atoms with E-state index in [-0.39, 0.29) is 34.7 Å². The number of hydrogen-bond donors (Lipinski definition) is 2. The molecule has 0 bridgehead atoms. The van der Waals surface area contributed by atoms with Gasteiger partial charge in [-0.1, -0.05) is 29.8 Å². The highest BCUT2D eigenvalue weighted by atomic mass is 35.5. The molecule has 2 saturated heterocycles. The fraction of sp³-hybridized carbons (Fsp3) is 0.593. The number of nitrogens with zero attached hydrogens (tertiary/aromatic N) is 2. The van der Waals surface area contributed by atoms with E-state index in [4.69, 9.17) is 11.6 Å². The molecule has 0 spiro atoms. The van der Waals surface area contributed by atoms with E-state index in [9.17, 15) is 18.0 Å². The first-order valence-electron chi connectivity index (χ1n) is 13.2. The number of piperidine rings is 2. The van der Waals surface area contributed by atoms with E-state index in [0.717, 1.165) is 69.0 Å². The number of amides is 1. The molecular weight excluding hydrogens is 521 g/mol. The van der Waals surface area contributed by atoms with Crippen LogP contribution in [-0.2, 0) is 4.79 Å². The third kappa shape index (κ3) is 9.53. The maximum absolute atomic E-state index is 12.9. The smallest absolute Gasteiger partial charge is 0.382 e. The van der Waals surface area contributed by atoms with Crippen molar-refractivity contribution in [1.29, 1.82) is 0 Å². The number of likely N-dealkylation sites (tertiary alicyclic amines) is 2. The van der Waals surface area contributed by atoms with Crippen molar-refractivity contribution in [3.63, 3.8) is 0 Å². The van der Waals surface area contributed by atoms with E-state index in [1.165, 1.54) is 0 Å². The fourth-order valence-electron chi connectivity index (χ4n) is 5.27. The normalized spacial score (nSPS) is 23.7. The monoisotopic (exact) mass is 556 g/mol. The van der Waals surface area contributed by atoms with Gasteiger partial charge in [-0.2, -0.15) is 13.2 Å². The van der Waals surface area contributed by atoms with Gasteiger partial charge in [0.2, 0.25) is 5.91 Å². The van der Waals surface area contributed by atoms with Gasteiger partial charge in [0.05, 0.1) is 0 Å². The molecule has 2 N–H and O–H groups in total. The Morgan fingerprint density at radius 3 is 2.51 bits per heavy atom. The quantitative estimate of drug-likeness (QED) is 0.388. The molecule has 2 aliphatic heterocycles. The summed E-state index contributed by atoms with van der Waals surface area (Å²) in [5.74, 6) is 0.203. The molecule has 10 heteroatoms. The van der Waals surface area contributed by atoms with Crippen LogP contribution in [0, 0.1) is 0 Å². The largest absolute Gasteiger partial charge is 0.446 e. The molecule has 204 valence electrons. The number of halogens is 4. The number of thioether (sulfide) groups is 1. The van der Waals surface area contributed by atoms with Crippen molar-refractivity contribution in [2.75, 3.05) is 38.0 Å². The van der Waals surface area contributed by atoms with Gasteiger partial charge in [-0.05, 0) is 81.1 Å². The molecule has 2 fully saturated rings. The summed E-state index contributed by atoms with van der Waals surface area (Å²) < 4.78 is 37.6. The fourth-order valence-corrected chi connectivity index (χ4v) is 5.99. The van der Waals surface area contributed by atoms with Crippen molar-refractivity contribution in [3.8, 4) is 0 Å². The number of hydrogen-bond acceptors (Lipinski definition) is 5. The van der Waals surface area contributed by atoms with Crippen LogP contribution in [0.25, 0.3) is 0 Å². The second-order valence-electron chi connectivity index (χ2n) is 10.1. The Bertz CT molecular complexity index is 948. The standard InChI is InChI=1S/C27H36ClF3N4OS/c28-20-5-7-21(8-6-20)32-23-13-17-34(18-14-23)15-2-4-26(36)35-16-1-3-24(19-35)33-22-9-11-25(12-10-22)37-27(29,30)31/h5-9,11-12,22-24,32-33H,1-4,10,13-19H2/t22?,24-/m0/s1. The van der Waals surface area contributed by atoms with Gasteiger partial charge in [0.15, 0.2) is 0 Å². The van der Waals surface area contributed by atoms with Gasteiger partial charge >= 0.3 is 5.51 Å². The minimum Gasteiger partial charge on any atom is -0.382 e. The van der Waals surface area contributed by atoms with Crippen LogP contribution < -0.4 is 10.6 Å². The van der Waals surface area contributed by atoms with E-state index in [1.54, 1.807) is 12.2 Å². The molecule has 2 heterocycles. The van der Waals surface area contributed by atoms with Crippen LogP contribution in [-0.4, -0.2) is 72.1 Å². The van der Waals surface area contributed by atoms with E-state index in [2.05, 4.69) is 15.5 Å². The molecule has 0 radical (unpaired) electrons. The molecule has 4 rings (SSSR count). The first-order chi connectivity index (χ1) is 17.7. The first-order valence-corrected chi connectivity index (χ1v) is 14.4. The van der Waals surface area contributed by atoms with Crippen LogP contribution in [0.4, 0.5) is 18.9 Å². The third-order valence-corrected chi connectivity index (χ3v) is 8.21. The zero-order valence-corrected chi connectivity index (χ0v) is 22.6. The number of alkyl halides is 3.